The van der Waals surface area contributed by atoms with Crippen molar-refractivity contribution in [2.45, 2.75) is 19.1 Å². The van der Waals surface area contributed by atoms with Gasteiger partial charge in [-0.15, -0.1) is 0 Å². The molecule has 1 N–H and O–H groups in total. The van der Waals surface area contributed by atoms with Crippen molar-refractivity contribution < 1.29 is 27.5 Å². The Labute approximate surface area is 180 Å². The SMILES string of the molecule is COc1cccnc1NC(=O)c1cnn2c1C(=O)N(c1ccc(C(F)(F)F)cc1)CC2C. The Morgan fingerprint density at radius 3 is 2.59 bits per heavy atom. The number of carbonyl (C=O) groups is 2. The second kappa shape index (κ2) is 7.98. The molecule has 2 amide bonds. The Morgan fingerprint density at radius 2 is 1.94 bits per heavy atom. The van der Waals surface area contributed by atoms with E-state index in [-0.39, 0.29) is 29.7 Å². The minimum absolute atomic E-state index is 0.0196. The maximum Gasteiger partial charge on any atom is 0.416 e. The third-order valence-electron chi connectivity index (χ3n) is 5.08. The number of aromatic nitrogens is 3. The molecule has 1 aliphatic heterocycles. The minimum Gasteiger partial charge on any atom is -0.493 e. The van der Waals surface area contributed by atoms with Gasteiger partial charge in [0.2, 0.25) is 0 Å². The van der Waals surface area contributed by atoms with Crippen molar-refractivity contribution in [3.8, 4) is 5.75 Å². The van der Waals surface area contributed by atoms with E-state index in [0.29, 0.717) is 11.4 Å². The van der Waals surface area contributed by atoms with Crippen molar-refractivity contribution in [3.63, 3.8) is 0 Å². The summed E-state index contributed by atoms with van der Waals surface area (Å²) >= 11 is 0. The first-order valence-electron chi connectivity index (χ1n) is 9.57. The quantitative estimate of drug-likeness (QED) is 0.660. The van der Waals surface area contributed by atoms with Gasteiger partial charge in [-0.3, -0.25) is 14.3 Å². The monoisotopic (exact) mass is 445 g/mol. The molecule has 0 spiro atoms. The highest BCUT2D eigenvalue weighted by Crippen LogP contribution is 2.33. The minimum atomic E-state index is -4.48. The number of methoxy groups -OCH3 is 1. The van der Waals surface area contributed by atoms with Crippen LogP contribution in [0.3, 0.4) is 0 Å². The van der Waals surface area contributed by atoms with Gasteiger partial charge in [-0.05, 0) is 43.3 Å². The number of hydrogen-bond acceptors (Lipinski definition) is 5. The van der Waals surface area contributed by atoms with E-state index in [0.717, 1.165) is 12.1 Å². The molecule has 0 saturated carbocycles. The van der Waals surface area contributed by atoms with Crippen molar-refractivity contribution in [2.75, 3.05) is 23.9 Å². The largest absolute Gasteiger partial charge is 0.493 e. The van der Waals surface area contributed by atoms with Gasteiger partial charge in [0.15, 0.2) is 11.6 Å². The Morgan fingerprint density at radius 1 is 1.22 bits per heavy atom. The van der Waals surface area contributed by atoms with Crippen LogP contribution in [0.4, 0.5) is 24.7 Å². The van der Waals surface area contributed by atoms with E-state index in [1.807, 2.05) is 0 Å². The van der Waals surface area contributed by atoms with Crippen LogP contribution in [0.15, 0.2) is 48.8 Å². The predicted octanol–water partition coefficient (Wildman–Crippen LogP) is 3.78. The number of pyridine rings is 1. The van der Waals surface area contributed by atoms with E-state index in [4.69, 9.17) is 4.74 Å². The number of nitrogens with one attached hydrogen (secondary N) is 1. The highest BCUT2D eigenvalue weighted by molar-refractivity contribution is 6.15. The van der Waals surface area contributed by atoms with Gasteiger partial charge in [-0.1, -0.05) is 0 Å². The van der Waals surface area contributed by atoms with Gasteiger partial charge in [0.1, 0.15) is 5.69 Å². The molecule has 32 heavy (non-hydrogen) atoms. The van der Waals surface area contributed by atoms with E-state index < -0.39 is 23.6 Å². The van der Waals surface area contributed by atoms with Crippen LogP contribution in [0, 0.1) is 0 Å². The zero-order valence-electron chi connectivity index (χ0n) is 17.1. The van der Waals surface area contributed by atoms with Crippen molar-refractivity contribution in [1.29, 1.82) is 0 Å². The van der Waals surface area contributed by atoms with Crippen LogP contribution < -0.4 is 15.0 Å². The van der Waals surface area contributed by atoms with E-state index >= 15 is 0 Å². The number of carbonyl (C=O) groups excluding carboxylic acids is 2. The standard InChI is InChI=1S/C21H18F3N5O3/c1-12-11-28(14-7-5-13(6-8-14)21(22,23)24)20(31)17-15(10-26-29(12)17)19(30)27-18-16(32-2)4-3-9-25-18/h3-10,12H,11H2,1-2H3,(H,25,27,30). The molecular weight excluding hydrogens is 427 g/mol. The molecule has 0 aliphatic carbocycles. The number of ether oxygens (including phenoxy) is 1. The second-order valence-corrected chi connectivity index (χ2v) is 7.17. The van der Waals surface area contributed by atoms with Gasteiger partial charge in [-0.25, -0.2) is 4.98 Å². The van der Waals surface area contributed by atoms with Crippen molar-refractivity contribution in [3.05, 3.63) is 65.6 Å². The summed E-state index contributed by atoms with van der Waals surface area (Å²) in [5.41, 5.74) is -0.463. The van der Waals surface area contributed by atoms with Crippen LogP contribution in [0.2, 0.25) is 0 Å². The number of alkyl halides is 3. The first kappa shape index (κ1) is 21.3. The summed E-state index contributed by atoms with van der Waals surface area (Å²) in [6, 6.07) is 7.26. The normalized spacial score (nSPS) is 16.0. The smallest absolute Gasteiger partial charge is 0.416 e. The summed E-state index contributed by atoms with van der Waals surface area (Å²) in [6.45, 7) is 1.98. The van der Waals surface area contributed by atoms with Crippen LogP contribution in [0.5, 0.6) is 5.75 Å². The molecule has 8 nitrogen and oxygen atoms in total. The molecule has 11 heteroatoms. The summed E-state index contributed by atoms with van der Waals surface area (Å²) < 4.78 is 45.2. The first-order chi connectivity index (χ1) is 15.2. The highest BCUT2D eigenvalue weighted by Gasteiger charge is 2.36. The molecule has 1 aromatic carbocycles. The van der Waals surface area contributed by atoms with Crippen LogP contribution in [0.1, 0.15) is 39.4 Å². The molecule has 0 bridgehead atoms. The summed E-state index contributed by atoms with van der Waals surface area (Å²) in [4.78, 5) is 31.5. The third-order valence-corrected chi connectivity index (χ3v) is 5.08. The van der Waals surface area contributed by atoms with Crippen molar-refractivity contribution >= 4 is 23.3 Å². The van der Waals surface area contributed by atoms with Crippen molar-refractivity contribution in [2.24, 2.45) is 0 Å². The van der Waals surface area contributed by atoms with Gasteiger partial charge in [0.25, 0.3) is 11.8 Å². The molecule has 166 valence electrons. The molecule has 0 fully saturated rings. The van der Waals surface area contributed by atoms with E-state index in [9.17, 15) is 22.8 Å². The number of hydrogen-bond donors (Lipinski definition) is 1. The number of anilines is 2. The molecule has 0 radical (unpaired) electrons. The first-order valence-corrected chi connectivity index (χ1v) is 9.57. The fraction of sp³-hybridized carbons (Fsp3) is 0.238. The average molecular weight is 445 g/mol. The Bertz CT molecular complexity index is 1170. The molecule has 1 aliphatic rings. The van der Waals surface area contributed by atoms with Gasteiger partial charge in [-0.2, -0.15) is 18.3 Å². The van der Waals surface area contributed by atoms with Crippen LogP contribution >= 0.6 is 0 Å². The topological polar surface area (TPSA) is 89.3 Å². The molecule has 2 aromatic heterocycles. The molecule has 1 atom stereocenters. The van der Waals surface area contributed by atoms with Crippen LogP contribution in [-0.4, -0.2) is 40.2 Å². The molecule has 0 saturated heterocycles. The Balaban J connectivity index is 1.65. The lowest BCUT2D eigenvalue weighted by molar-refractivity contribution is -0.137. The maximum atomic E-state index is 13.2. The fourth-order valence-electron chi connectivity index (χ4n) is 3.51. The van der Waals surface area contributed by atoms with Gasteiger partial charge < -0.3 is 15.0 Å². The second-order valence-electron chi connectivity index (χ2n) is 7.17. The third kappa shape index (κ3) is 3.77. The Kier molecular flexibility index (Phi) is 5.33. The van der Waals surface area contributed by atoms with Crippen LogP contribution in [0.25, 0.3) is 0 Å². The number of amides is 2. The summed E-state index contributed by atoms with van der Waals surface area (Å²) in [6.07, 6.45) is -1.72. The lowest BCUT2D eigenvalue weighted by Crippen LogP contribution is -2.43. The van der Waals surface area contributed by atoms with E-state index in [2.05, 4.69) is 15.4 Å². The van der Waals surface area contributed by atoms with Crippen LogP contribution in [-0.2, 0) is 6.18 Å². The maximum absolute atomic E-state index is 13.2. The van der Waals surface area contributed by atoms with Crippen molar-refractivity contribution in [1.82, 2.24) is 14.8 Å². The number of benzene rings is 1. The molecule has 3 heterocycles. The lowest BCUT2D eigenvalue weighted by atomic mass is 10.1. The van der Waals surface area contributed by atoms with E-state index in [1.54, 1.807) is 19.1 Å². The number of halogens is 3. The summed E-state index contributed by atoms with van der Waals surface area (Å²) in [5, 5.41) is 6.78. The fourth-order valence-corrected chi connectivity index (χ4v) is 3.51. The van der Waals surface area contributed by atoms with E-state index in [1.165, 1.54) is 41.2 Å². The molecule has 3 aromatic rings. The zero-order valence-corrected chi connectivity index (χ0v) is 17.1. The summed E-state index contributed by atoms with van der Waals surface area (Å²) in [5.74, 6) is -0.639. The van der Waals surface area contributed by atoms with Gasteiger partial charge in [0.05, 0.1) is 30.5 Å². The molecule has 4 rings (SSSR count). The number of fused-ring (bicyclic) bond motifs is 1. The number of nitrogens with zero attached hydrogens (tertiary/aromatic N) is 4. The Hall–Kier alpha value is -3.89. The zero-order chi connectivity index (χ0) is 23.0. The van der Waals surface area contributed by atoms with Gasteiger partial charge >= 0.3 is 6.18 Å². The van der Waals surface area contributed by atoms with Gasteiger partial charge in [0, 0.05) is 18.4 Å². The lowest BCUT2D eigenvalue weighted by Gasteiger charge is -2.32. The highest BCUT2D eigenvalue weighted by atomic mass is 19.4. The molecular formula is C21H18F3N5O3. The predicted molar refractivity (Wildman–Crippen MR) is 109 cm³/mol. The molecule has 1 unspecified atom stereocenters. The summed E-state index contributed by atoms with van der Waals surface area (Å²) in [7, 11) is 1.43. The number of rotatable bonds is 4. The average Bonchev–Trinajstić information content (AvgIpc) is 3.22.